The smallest absolute Gasteiger partial charge is 0.226 e. The zero-order valence-corrected chi connectivity index (χ0v) is 27.8. The number of aromatic nitrogens is 2. The molecule has 0 aliphatic rings. The van der Waals surface area contributed by atoms with E-state index in [0.29, 0.717) is 52.0 Å². The van der Waals surface area contributed by atoms with E-state index in [1.807, 2.05) is 58.0 Å². The Morgan fingerprint density at radius 1 is 1.11 bits per heavy atom. The number of ether oxygens (including phenoxy) is 1. The second-order valence-corrected chi connectivity index (χ2v) is 12.3. The van der Waals surface area contributed by atoms with Gasteiger partial charge in [0.1, 0.15) is 5.75 Å². The summed E-state index contributed by atoms with van der Waals surface area (Å²) >= 11 is 18.8. The molecule has 3 aromatic carbocycles. The van der Waals surface area contributed by atoms with Gasteiger partial charge in [0.15, 0.2) is 5.11 Å². The summed E-state index contributed by atoms with van der Waals surface area (Å²) in [5, 5.41) is 17.0. The molecule has 11 heteroatoms. The van der Waals surface area contributed by atoms with Crippen LogP contribution in [0.2, 0.25) is 10.0 Å². The first-order valence-electron chi connectivity index (χ1n) is 14.6. The molecule has 0 unspecified atom stereocenters. The van der Waals surface area contributed by atoms with Gasteiger partial charge in [0.05, 0.1) is 47.2 Å². The second kappa shape index (κ2) is 16.3. The monoisotopic (exact) mass is 662 g/mol. The summed E-state index contributed by atoms with van der Waals surface area (Å²) in [5.74, 6) is 0.848. The number of thiocarbonyl (C=S) groups is 1. The lowest BCUT2D eigenvalue weighted by atomic mass is 10.0. The first kappa shape index (κ1) is 33.8. The lowest BCUT2D eigenvalue weighted by Crippen LogP contribution is -2.47. The van der Waals surface area contributed by atoms with Crippen molar-refractivity contribution in [3.63, 3.8) is 0 Å². The number of imidazole rings is 1. The Hall–Kier alpha value is -4.10. The van der Waals surface area contributed by atoms with Crippen LogP contribution in [0, 0.1) is 17.2 Å². The molecule has 0 spiro atoms. The number of anilines is 1. The molecule has 0 fully saturated rings. The highest BCUT2D eigenvalue weighted by Crippen LogP contribution is 2.28. The van der Waals surface area contributed by atoms with Crippen LogP contribution in [0.3, 0.4) is 0 Å². The number of nitriles is 1. The minimum Gasteiger partial charge on any atom is -0.495 e. The van der Waals surface area contributed by atoms with Crippen molar-refractivity contribution in [1.82, 2.24) is 19.8 Å². The van der Waals surface area contributed by atoms with Crippen LogP contribution in [0.4, 0.5) is 5.69 Å². The van der Waals surface area contributed by atoms with Crippen LogP contribution >= 0.6 is 35.4 Å². The summed E-state index contributed by atoms with van der Waals surface area (Å²) in [6.07, 6.45) is 4.31. The van der Waals surface area contributed by atoms with Crippen molar-refractivity contribution in [1.29, 1.82) is 5.26 Å². The lowest BCUT2D eigenvalue weighted by Gasteiger charge is -2.32. The van der Waals surface area contributed by atoms with Crippen LogP contribution < -0.4 is 15.4 Å². The third-order valence-electron chi connectivity index (χ3n) is 7.17. The molecule has 0 aliphatic heterocycles. The van der Waals surface area contributed by atoms with Gasteiger partial charge in [-0.1, -0.05) is 73.4 Å². The van der Waals surface area contributed by atoms with Gasteiger partial charge in [-0.25, -0.2) is 4.98 Å². The van der Waals surface area contributed by atoms with Crippen molar-refractivity contribution in [2.45, 2.75) is 45.8 Å². The average molecular weight is 664 g/mol. The number of hydrogen-bond donors (Lipinski definition) is 2. The molecular formula is C34H36Cl2N6O2S. The largest absolute Gasteiger partial charge is 0.495 e. The maximum Gasteiger partial charge on any atom is 0.226 e. The van der Waals surface area contributed by atoms with Crippen molar-refractivity contribution in [3.8, 4) is 11.8 Å². The van der Waals surface area contributed by atoms with Crippen molar-refractivity contribution in [2.24, 2.45) is 5.92 Å². The summed E-state index contributed by atoms with van der Waals surface area (Å²) < 4.78 is 7.46. The van der Waals surface area contributed by atoms with Crippen molar-refractivity contribution in [2.75, 3.05) is 19.0 Å². The fourth-order valence-electron chi connectivity index (χ4n) is 5.01. The van der Waals surface area contributed by atoms with Crippen molar-refractivity contribution < 1.29 is 9.53 Å². The Labute approximate surface area is 279 Å². The highest BCUT2D eigenvalue weighted by Gasteiger charge is 2.23. The summed E-state index contributed by atoms with van der Waals surface area (Å²) in [4.78, 5) is 19.7. The van der Waals surface area contributed by atoms with Gasteiger partial charge >= 0.3 is 0 Å². The third-order valence-corrected chi connectivity index (χ3v) is 8.38. The van der Waals surface area contributed by atoms with Gasteiger partial charge in [-0.2, -0.15) is 5.26 Å². The zero-order chi connectivity index (χ0) is 32.3. The third kappa shape index (κ3) is 9.69. The number of halogens is 2. The van der Waals surface area contributed by atoms with E-state index < -0.39 is 0 Å². The van der Waals surface area contributed by atoms with E-state index in [1.54, 1.807) is 37.8 Å². The van der Waals surface area contributed by atoms with Gasteiger partial charge < -0.3 is 24.8 Å². The number of methoxy groups -OCH3 is 1. The summed E-state index contributed by atoms with van der Waals surface area (Å²) in [6, 6.07) is 22.3. The van der Waals surface area contributed by atoms with Gasteiger partial charge in [0.2, 0.25) is 5.91 Å². The van der Waals surface area contributed by atoms with E-state index in [0.717, 1.165) is 28.9 Å². The molecule has 2 N–H and O–H groups in total. The number of rotatable bonds is 13. The normalized spacial score (nSPS) is 11.5. The van der Waals surface area contributed by atoms with Crippen LogP contribution in [0.1, 0.15) is 42.7 Å². The molecule has 0 saturated heterocycles. The van der Waals surface area contributed by atoms with Crippen molar-refractivity contribution >= 4 is 52.1 Å². The first-order valence-corrected chi connectivity index (χ1v) is 15.7. The molecular weight excluding hydrogens is 627 g/mol. The SMILES string of the molecule is COc1ccccc1NC(=S)N(Cc1cccc(Cl)c1Cl)C[C@H](CC(C)C)NC(=O)Cc1cncn1Cc1ccc(C#N)cc1. The van der Waals surface area contributed by atoms with Gasteiger partial charge in [-0.15, -0.1) is 0 Å². The molecule has 4 aromatic rings. The number of carbonyl (C=O) groups excluding carboxylic acids is 1. The number of carbonyl (C=O) groups is 1. The number of benzene rings is 3. The second-order valence-electron chi connectivity index (χ2n) is 11.1. The summed E-state index contributed by atoms with van der Waals surface area (Å²) in [5.41, 5.74) is 3.94. The minimum absolute atomic E-state index is 0.119. The molecule has 0 radical (unpaired) electrons. The molecule has 4 rings (SSSR count). The molecule has 8 nitrogen and oxygen atoms in total. The Kier molecular flexibility index (Phi) is 12.2. The summed E-state index contributed by atoms with van der Waals surface area (Å²) in [6.45, 7) is 5.59. The van der Waals surface area contributed by atoms with E-state index in [1.165, 1.54) is 0 Å². The topological polar surface area (TPSA) is 95.2 Å². The van der Waals surface area contributed by atoms with Crippen LogP contribution in [0.25, 0.3) is 0 Å². The van der Waals surface area contributed by atoms with Crippen LogP contribution in [-0.4, -0.2) is 45.2 Å². The van der Waals surface area contributed by atoms with E-state index in [-0.39, 0.29) is 18.4 Å². The number of nitrogens with zero attached hydrogens (tertiary/aromatic N) is 4. The molecule has 1 amide bonds. The Bertz CT molecular complexity index is 1650. The minimum atomic E-state index is -0.220. The van der Waals surface area contributed by atoms with E-state index in [2.05, 4.69) is 35.5 Å². The molecule has 0 saturated carbocycles. The first-order chi connectivity index (χ1) is 21.7. The van der Waals surface area contributed by atoms with Gasteiger partial charge in [0, 0.05) is 37.6 Å². The highest BCUT2D eigenvalue weighted by molar-refractivity contribution is 7.80. The molecule has 1 aromatic heterocycles. The maximum absolute atomic E-state index is 13.5. The molecule has 0 aliphatic carbocycles. The molecule has 1 atom stereocenters. The van der Waals surface area contributed by atoms with E-state index in [9.17, 15) is 4.79 Å². The predicted molar refractivity (Wildman–Crippen MR) is 184 cm³/mol. The zero-order valence-electron chi connectivity index (χ0n) is 25.5. The highest BCUT2D eigenvalue weighted by atomic mass is 35.5. The number of amides is 1. The average Bonchev–Trinajstić information content (AvgIpc) is 3.45. The van der Waals surface area contributed by atoms with Crippen LogP contribution in [-0.2, 0) is 24.3 Å². The maximum atomic E-state index is 13.5. The number of hydrogen-bond acceptors (Lipinski definition) is 5. The fraction of sp³-hybridized carbons (Fsp3) is 0.294. The molecule has 45 heavy (non-hydrogen) atoms. The standard InChI is InChI=1S/C34H36Cl2N6O2S/c1-23(2)15-27(39-32(43)16-28-18-38-22-42(28)19-25-13-11-24(17-37)12-14-25)21-41(20-26-7-6-8-29(35)33(26)36)34(45)40-30-9-4-5-10-31(30)44-3/h4-14,18,22-23,27H,15-16,19-21H2,1-3H3,(H,39,43)(H,40,45)/t27-/m0/s1. The molecule has 234 valence electrons. The van der Waals surface area contributed by atoms with Gasteiger partial charge in [-0.3, -0.25) is 4.79 Å². The van der Waals surface area contributed by atoms with Crippen molar-refractivity contribution in [3.05, 3.63) is 112 Å². The van der Waals surface area contributed by atoms with Crippen LogP contribution in [0.5, 0.6) is 5.75 Å². The fourth-order valence-corrected chi connectivity index (χ4v) is 5.64. The predicted octanol–water partition coefficient (Wildman–Crippen LogP) is 7.09. The van der Waals surface area contributed by atoms with E-state index >= 15 is 0 Å². The Morgan fingerprint density at radius 2 is 1.87 bits per heavy atom. The molecule has 1 heterocycles. The molecule has 0 bridgehead atoms. The van der Waals surface area contributed by atoms with Gasteiger partial charge in [0.25, 0.3) is 0 Å². The Morgan fingerprint density at radius 3 is 2.58 bits per heavy atom. The summed E-state index contributed by atoms with van der Waals surface area (Å²) in [7, 11) is 1.61. The number of para-hydroxylation sites is 2. The lowest BCUT2D eigenvalue weighted by molar-refractivity contribution is -0.121. The van der Waals surface area contributed by atoms with Gasteiger partial charge in [-0.05, 0) is 66.0 Å². The Balaban J connectivity index is 1.52. The van der Waals surface area contributed by atoms with E-state index in [4.69, 9.17) is 45.4 Å². The quantitative estimate of drug-likeness (QED) is 0.148. The number of nitrogens with one attached hydrogen (secondary N) is 2. The van der Waals surface area contributed by atoms with Crippen LogP contribution in [0.15, 0.2) is 79.3 Å².